The van der Waals surface area contributed by atoms with Crippen LogP contribution in [0.2, 0.25) is 0 Å². The lowest BCUT2D eigenvalue weighted by atomic mass is 9.87. The second-order valence-corrected chi connectivity index (χ2v) is 6.07. The van der Waals surface area contributed by atoms with Crippen molar-refractivity contribution in [3.63, 3.8) is 0 Å². The van der Waals surface area contributed by atoms with Crippen molar-refractivity contribution in [3.8, 4) is 0 Å². The second kappa shape index (κ2) is 6.93. The number of alkyl halides is 3. The molecule has 2 nitrogen and oxygen atoms in total. The largest absolute Gasteiger partial charge is 0.389 e. The summed E-state index contributed by atoms with van der Waals surface area (Å²) in [6.45, 7) is 2.41. The number of likely N-dealkylation sites (N-methyl/N-ethyl adjacent to an activating group) is 1. The molecule has 0 aliphatic heterocycles. The number of rotatable bonds is 6. The van der Waals surface area contributed by atoms with Gasteiger partial charge in [-0.1, -0.05) is 19.3 Å². The van der Waals surface area contributed by atoms with Crippen LogP contribution in [-0.4, -0.2) is 36.2 Å². The summed E-state index contributed by atoms with van der Waals surface area (Å²) in [7, 11) is 2.02. The first-order chi connectivity index (χ1) is 8.78. The lowest BCUT2D eigenvalue weighted by Crippen LogP contribution is -2.54. The Morgan fingerprint density at radius 3 is 2.16 bits per heavy atom. The fraction of sp³-hybridized carbons (Fsp3) is 1.00. The summed E-state index contributed by atoms with van der Waals surface area (Å²) in [6.07, 6.45) is 1.91. The Hall–Kier alpha value is -0.290. The number of nitrogens with two attached hydrogens (primary N) is 1. The monoisotopic (exact) mass is 280 g/mol. The van der Waals surface area contributed by atoms with Crippen LogP contribution >= 0.6 is 0 Å². The van der Waals surface area contributed by atoms with Crippen LogP contribution in [-0.2, 0) is 0 Å². The second-order valence-electron chi connectivity index (χ2n) is 6.07. The van der Waals surface area contributed by atoms with Gasteiger partial charge in [-0.2, -0.15) is 13.2 Å². The van der Waals surface area contributed by atoms with Crippen LogP contribution in [0.25, 0.3) is 0 Å². The molecular weight excluding hydrogens is 253 g/mol. The molecule has 0 spiro atoms. The molecule has 0 aromatic rings. The van der Waals surface area contributed by atoms with Gasteiger partial charge < -0.3 is 5.73 Å². The molecule has 114 valence electrons. The van der Waals surface area contributed by atoms with Crippen LogP contribution in [0.3, 0.4) is 0 Å². The van der Waals surface area contributed by atoms with Crippen molar-refractivity contribution in [1.82, 2.24) is 4.90 Å². The van der Waals surface area contributed by atoms with Gasteiger partial charge in [0.15, 0.2) is 0 Å². The molecule has 0 saturated heterocycles. The van der Waals surface area contributed by atoms with E-state index in [-0.39, 0.29) is 12.0 Å². The lowest BCUT2D eigenvalue weighted by Gasteiger charge is -2.44. The van der Waals surface area contributed by atoms with Gasteiger partial charge in [-0.05, 0) is 39.7 Å². The lowest BCUT2D eigenvalue weighted by molar-refractivity contribution is -0.137. The Morgan fingerprint density at radius 2 is 1.68 bits per heavy atom. The molecule has 1 atom stereocenters. The molecule has 0 aromatic heterocycles. The Balaban J connectivity index is 2.52. The Morgan fingerprint density at radius 1 is 1.11 bits per heavy atom. The molecule has 0 radical (unpaired) electrons. The van der Waals surface area contributed by atoms with Gasteiger partial charge in [0.2, 0.25) is 0 Å². The van der Waals surface area contributed by atoms with Crippen LogP contribution in [0.15, 0.2) is 0 Å². The first kappa shape index (κ1) is 16.8. The highest BCUT2D eigenvalue weighted by molar-refractivity contribution is 4.90. The van der Waals surface area contributed by atoms with Gasteiger partial charge in [0.1, 0.15) is 0 Å². The van der Waals surface area contributed by atoms with E-state index in [4.69, 9.17) is 5.73 Å². The van der Waals surface area contributed by atoms with E-state index in [0.29, 0.717) is 19.0 Å². The zero-order valence-corrected chi connectivity index (χ0v) is 12.1. The minimum atomic E-state index is -4.06. The molecule has 1 rings (SSSR count). The highest BCUT2D eigenvalue weighted by Gasteiger charge is 2.34. The van der Waals surface area contributed by atoms with Crippen LogP contribution in [0.1, 0.15) is 58.3 Å². The molecule has 5 heteroatoms. The average Bonchev–Trinajstić information content (AvgIpc) is 2.37. The molecule has 19 heavy (non-hydrogen) atoms. The van der Waals surface area contributed by atoms with Crippen molar-refractivity contribution >= 4 is 0 Å². The first-order valence-electron chi connectivity index (χ1n) is 7.28. The summed E-state index contributed by atoms with van der Waals surface area (Å²) in [6, 6.07) is 0.480. The molecule has 2 N–H and O–H groups in total. The maximum absolute atomic E-state index is 12.2. The number of hydrogen-bond acceptors (Lipinski definition) is 2. The highest BCUT2D eigenvalue weighted by Crippen LogP contribution is 2.31. The predicted octanol–water partition coefficient (Wildman–Crippen LogP) is 3.70. The summed E-state index contributed by atoms with van der Waals surface area (Å²) in [5.41, 5.74) is 5.53. The van der Waals surface area contributed by atoms with Crippen molar-refractivity contribution in [1.29, 1.82) is 0 Å². The number of halogens is 3. The minimum Gasteiger partial charge on any atom is -0.329 e. The Kier molecular flexibility index (Phi) is 6.12. The molecule has 1 aliphatic carbocycles. The van der Waals surface area contributed by atoms with Gasteiger partial charge in [-0.3, -0.25) is 4.90 Å². The molecular formula is C14H27F3N2. The predicted molar refractivity (Wildman–Crippen MR) is 72.0 cm³/mol. The van der Waals surface area contributed by atoms with E-state index >= 15 is 0 Å². The van der Waals surface area contributed by atoms with Gasteiger partial charge in [0.25, 0.3) is 0 Å². The zero-order valence-electron chi connectivity index (χ0n) is 12.1. The summed E-state index contributed by atoms with van der Waals surface area (Å²) >= 11 is 0. The van der Waals surface area contributed by atoms with Gasteiger partial charge in [0.05, 0.1) is 0 Å². The number of hydrogen-bond donors (Lipinski definition) is 1. The molecule has 1 fully saturated rings. The van der Waals surface area contributed by atoms with E-state index in [9.17, 15) is 13.2 Å². The molecule has 0 amide bonds. The van der Waals surface area contributed by atoms with Gasteiger partial charge in [0, 0.05) is 24.5 Å². The maximum atomic E-state index is 12.2. The van der Waals surface area contributed by atoms with E-state index in [2.05, 4.69) is 4.90 Å². The maximum Gasteiger partial charge on any atom is 0.389 e. The van der Waals surface area contributed by atoms with Crippen molar-refractivity contribution in [3.05, 3.63) is 0 Å². The molecule has 1 aliphatic rings. The number of nitrogens with zero attached hydrogens (tertiary/aromatic N) is 1. The Labute approximate surface area is 114 Å². The zero-order chi connectivity index (χ0) is 14.5. The normalized spacial score (nSPS) is 21.6. The van der Waals surface area contributed by atoms with Crippen molar-refractivity contribution < 1.29 is 13.2 Å². The standard InChI is InChI=1S/C14H27F3N2/c1-13(11-18,9-6-10-14(15,16)17)19(2)12-7-4-3-5-8-12/h12H,3-11,18H2,1-2H3. The highest BCUT2D eigenvalue weighted by atomic mass is 19.4. The van der Waals surface area contributed by atoms with E-state index < -0.39 is 12.6 Å². The van der Waals surface area contributed by atoms with E-state index in [1.54, 1.807) is 0 Å². The van der Waals surface area contributed by atoms with Crippen LogP contribution in [0, 0.1) is 0 Å². The van der Waals surface area contributed by atoms with E-state index in [0.717, 1.165) is 12.8 Å². The summed E-state index contributed by atoms with van der Waals surface area (Å²) in [5.74, 6) is 0. The Bertz CT molecular complexity index is 262. The third kappa shape index (κ3) is 5.30. The molecule has 0 bridgehead atoms. The van der Waals surface area contributed by atoms with Crippen LogP contribution in [0.4, 0.5) is 13.2 Å². The molecule has 0 aromatic carbocycles. The van der Waals surface area contributed by atoms with Crippen molar-refractivity contribution in [2.24, 2.45) is 5.73 Å². The van der Waals surface area contributed by atoms with Gasteiger partial charge in [-0.15, -0.1) is 0 Å². The first-order valence-corrected chi connectivity index (χ1v) is 7.28. The topological polar surface area (TPSA) is 29.3 Å². The summed E-state index contributed by atoms with van der Waals surface area (Å²) < 4.78 is 36.7. The van der Waals surface area contributed by atoms with Crippen LogP contribution in [0.5, 0.6) is 0 Å². The van der Waals surface area contributed by atoms with Gasteiger partial charge in [-0.25, -0.2) is 0 Å². The van der Waals surface area contributed by atoms with Crippen molar-refractivity contribution in [2.45, 2.75) is 76.0 Å². The molecule has 1 saturated carbocycles. The van der Waals surface area contributed by atoms with Crippen LogP contribution < -0.4 is 5.73 Å². The average molecular weight is 280 g/mol. The molecule has 0 heterocycles. The summed E-state index contributed by atoms with van der Waals surface area (Å²) in [5, 5.41) is 0. The van der Waals surface area contributed by atoms with Crippen molar-refractivity contribution in [2.75, 3.05) is 13.6 Å². The third-order valence-corrected chi connectivity index (χ3v) is 4.59. The third-order valence-electron chi connectivity index (χ3n) is 4.59. The fourth-order valence-corrected chi connectivity index (χ4v) is 3.00. The SMILES string of the molecule is CN(C1CCCCC1)C(C)(CN)CCCC(F)(F)F. The summed E-state index contributed by atoms with van der Waals surface area (Å²) in [4.78, 5) is 2.24. The quantitative estimate of drug-likeness (QED) is 0.804. The minimum absolute atomic E-state index is 0.161. The smallest absolute Gasteiger partial charge is 0.329 e. The van der Waals surface area contributed by atoms with Gasteiger partial charge >= 0.3 is 6.18 Å². The van der Waals surface area contributed by atoms with E-state index in [1.165, 1.54) is 19.3 Å². The van der Waals surface area contributed by atoms with E-state index in [1.807, 2.05) is 14.0 Å². The molecule has 1 unspecified atom stereocenters. The fourth-order valence-electron chi connectivity index (χ4n) is 3.00.